The van der Waals surface area contributed by atoms with Crippen molar-refractivity contribution in [1.82, 2.24) is 24.5 Å². The van der Waals surface area contributed by atoms with E-state index in [2.05, 4.69) is 12.1 Å². The number of fused-ring (bicyclic) bond motifs is 3. The predicted molar refractivity (Wildman–Crippen MR) is 481 cm³/mol. The Morgan fingerprint density at radius 3 is 1.31 bits per heavy atom. The Labute approximate surface area is 754 Å². The molecule has 2 aliphatic carbocycles. The van der Waals surface area contributed by atoms with Crippen LogP contribution >= 0.6 is 45.6 Å². The molecule has 5 heterocycles. The van der Waals surface area contributed by atoms with Gasteiger partial charge in [-0.05, 0) is 199 Å². The highest BCUT2D eigenvalue weighted by Gasteiger charge is 2.40. The summed E-state index contributed by atoms with van der Waals surface area (Å²) in [5.41, 5.74) is 9.04. The second-order valence-corrected chi connectivity index (χ2v) is 36.6. The van der Waals surface area contributed by atoms with E-state index in [4.69, 9.17) is 35.3 Å². The van der Waals surface area contributed by atoms with Crippen LogP contribution in [0, 0.1) is 52.2 Å². The van der Waals surface area contributed by atoms with Crippen LogP contribution in [0.4, 0.5) is 25.1 Å². The SMILES string of the molecule is CC(C)(C)OC(=O)CN(Cc1ccc([N+](=O)[O-])cc1)Cc1ccc([N+](=O)[O-])s1.CC(C)(C)OC(=O)CN(Cc1cccc(F)c1)Cc1ccc([N+](=O)[O-])s1.CCOC(=O)C1Cc2ccccc2CN1C(=O)C1CCCCC1.CCOC(=O)C1Cc2ccccc2CN1C(=O)c1ccc2c(c1)CCCC2.COC(=O)CN(Cc1ccc(Cl)cc1)Cc1ccc([N+](=O)[O-])s1. The Morgan fingerprint density at radius 1 is 0.457 bits per heavy atom. The molecule has 0 radical (unpaired) electrons. The molecule has 6 aromatic carbocycles. The fourth-order valence-corrected chi connectivity index (χ4v) is 17.6. The molecule has 2 atom stereocenters. The lowest BCUT2D eigenvalue weighted by molar-refractivity contribution is -0.384. The largest absolute Gasteiger partial charge is 0.468 e. The number of amides is 2. The van der Waals surface area contributed by atoms with Gasteiger partial charge in [-0.1, -0.05) is 156 Å². The summed E-state index contributed by atoms with van der Waals surface area (Å²) in [6.45, 7) is 18.2. The minimum Gasteiger partial charge on any atom is -0.468 e. The lowest BCUT2D eigenvalue weighted by atomic mass is 9.86. The monoisotopic (exact) mass is 1820 g/mol. The minimum absolute atomic E-state index is 0.000515. The van der Waals surface area contributed by atoms with E-state index in [1.54, 1.807) is 123 Å². The van der Waals surface area contributed by atoms with Gasteiger partial charge in [-0.15, -0.1) is 0 Å². The van der Waals surface area contributed by atoms with Crippen LogP contribution in [0.15, 0.2) is 176 Å². The van der Waals surface area contributed by atoms with Gasteiger partial charge in [0, 0.05) is 127 Å². The maximum Gasteiger partial charge on any atom is 0.329 e. The van der Waals surface area contributed by atoms with E-state index in [9.17, 15) is 78.4 Å². The molecule has 0 saturated heterocycles. The molecule has 29 nitrogen and oxygen atoms in total. The fourth-order valence-electron chi connectivity index (χ4n) is 14.9. The van der Waals surface area contributed by atoms with Crippen molar-refractivity contribution >= 4 is 108 Å². The van der Waals surface area contributed by atoms with E-state index in [0.717, 1.165) is 121 Å². The van der Waals surface area contributed by atoms with Crippen molar-refractivity contribution < 1.29 is 81.3 Å². The lowest BCUT2D eigenvalue weighted by Gasteiger charge is -2.38. The molecule has 0 bridgehead atoms. The van der Waals surface area contributed by atoms with E-state index in [0.29, 0.717) is 94.6 Å². The fraction of sp³-hybridized carbons (Fsp3) is 0.409. The van der Waals surface area contributed by atoms with Crippen LogP contribution in [-0.4, -0.2) is 149 Å². The molecule has 127 heavy (non-hydrogen) atoms. The molecule has 2 amide bonds. The summed E-state index contributed by atoms with van der Waals surface area (Å²) in [5, 5.41) is 44.1. The topological polar surface area (TPSA) is 354 Å². The molecule has 1 saturated carbocycles. The maximum absolute atomic E-state index is 13.4. The van der Waals surface area contributed by atoms with Gasteiger partial charge in [0.15, 0.2) is 0 Å². The Kier molecular flexibility index (Phi) is 37.4. The van der Waals surface area contributed by atoms with E-state index >= 15 is 0 Å². The molecule has 676 valence electrons. The van der Waals surface area contributed by atoms with Crippen molar-refractivity contribution in [3.8, 4) is 0 Å². The highest BCUT2D eigenvalue weighted by Crippen LogP contribution is 2.35. The summed E-state index contributed by atoms with van der Waals surface area (Å²) in [7, 11) is 1.33. The zero-order valence-electron chi connectivity index (χ0n) is 72.6. The number of rotatable bonds is 28. The van der Waals surface area contributed by atoms with Gasteiger partial charge in [-0.25, -0.2) is 14.0 Å². The van der Waals surface area contributed by atoms with Gasteiger partial charge in [0.1, 0.15) is 29.1 Å². The number of hydrogen-bond acceptors (Lipinski definition) is 26. The molecule has 3 aromatic heterocycles. The number of aryl methyl sites for hydroxylation is 2. The number of halogens is 2. The highest BCUT2D eigenvalue weighted by atomic mass is 35.5. The smallest absolute Gasteiger partial charge is 0.329 e. The van der Waals surface area contributed by atoms with Gasteiger partial charge < -0.3 is 33.5 Å². The number of methoxy groups -OCH3 is 1. The Morgan fingerprint density at radius 2 is 0.882 bits per heavy atom. The molecule has 0 spiro atoms. The van der Waals surface area contributed by atoms with E-state index in [-0.39, 0.29) is 81.8 Å². The number of hydrogen-bond donors (Lipinski definition) is 0. The number of benzene rings is 6. The number of nitro benzene ring substituents is 1. The molecular formula is C93H107ClFN9O20S3. The van der Waals surface area contributed by atoms with Gasteiger partial charge in [-0.2, -0.15) is 0 Å². The number of ether oxygens (including phenoxy) is 5. The van der Waals surface area contributed by atoms with Crippen molar-refractivity contribution in [3.05, 3.63) is 297 Å². The van der Waals surface area contributed by atoms with E-state index in [1.165, 1.54) is 80.0 Å². The van der Waals surface area contributed by atoms with Crippen LogP contribution in [0.2, 0.25) is 5.02 Å². The van der Waals surface area contributed by atoms with E-state index < -0.39 is 54.9 Å². The number of thiophene rings is 3. The Balaban J connectivity index is 0.000000180. The van der Waals surface area contributed by atoms with Crippen molar-refractivity contribution in [3.63, 3.8) is 0 Å². The highest BCUT2D eigenvalue weighted by molar-refractivity contribution is 7.15. The van der Waals surface area contributed by atoms with Crippen molar-refractivity contribution in [1.29, 1.82) is 0 Å². The molecule has 34 heteroatoms. The summed E-state index contributed by atoms with van der Waals surface area (Å²) in [4.78, 5) is 140. The lowest BCUT2D eigenvalue weighted by Crippen LogP contribution is -2.51. The number of carbonyl (C=O) groups is 7. The summed E-state index contributed by atoms with van der Waals surface area (Å²) < 4.78 is 39.4. The maximum atomic E-state index is 13.4. The average Bonchev–Trinajstić information content (AvgIpc) is 0.819. The van der Waals surface area contributed by atoms with Gasteiger partial charge >= 0.3 is 44.8 Å². The number of non-ortho nitro benzene ring substituents is 1. The third kappa shape index (κ3) is 31.7. The quantitative estimate of drug-likeness (QED) is 0.0190. The molecule has 13 rings (SSSR count). The van der Waals surface area contributed by atoms with Crippen molar-refractivity contribution in [2.75, 3.05) is 40.0 Å². The molecule has 0 N–H and O–H groups in total. The van der Waals surface area contributed by atoms with Crippen LogP contribution in [0.1, 0.15) is 175 Å². The third-order valence-electron chi connectivity index (χ3n) is 20.6. The first-order valence-corrected chi connectivity index (χ1v) is 44.6. The summed E-state index contributed by atoms with van der Waals surface area (Å²) >= 11 is 9.07. The molecule has 4 aliphatic rings. The Hall–Kier alpha value is -11.6. The second kappa shape index (κ2) is 47.8. The minimum atomic E-state index is -0.627. The first kappa shape index (κ1) is 99.2. The zero-order chi connectivity index (χ0) is 92.1. The van der Waals surface area contributed by atoms with Gasteiger partial charge in [-0.3, -0.25) is 79.1 Å². The van der Waals surface area contributed by atoms with Crippen molar-refractivity contribution in [2.24, 2.45) is 5.92 Å². The Bertz CT molecular complexity index is 5280. The van der Waals surface area contributed by atoms with Crippen LogP contribution in [0.5, 0.6) is 0 Å². The molecule has 2 unspecified atom stereocenters. The average molecular weight is 1820 g/mol. The molecule has 2 aliphatic heterocycles. The predicted octanol–water partition coefficient (Wildman–Crippen LogP) is 18.3. The van der Waals surface area contributed by atoms with Crippen LogP contribution in [0.25, 0.3) is 0 Å². The van der Waals surface area contributed by atoms with Gasteiger partial charge in [0.25, 0.3) is 11.6 Å². The molecule has 9 aromatic rings. The summed E-state index contributed by atoms with van der Waals surface area (Å²) in [5.74, 6) is -2.00. The van der Waals surface area contributed by atoms with Crippen LogP contribution in [-0.2, 0) is 130 Å². The first-order valence-electron chi connectivity index (χ1n) is 41.8. The van der Waals surface area contributed by atoms with Gasteiger partial charge in [0.2, 0.25) is 5.91 Å². The number of esters is 5. The molecular weight excluding hydrogens is 1710 g/mol. The zero-order valence-corrected chi connectivity index (χ0v) is 75.8. The number of nitrogens with zero attached hydrogens (tertiary/aromatic N) is 9. The summed E-state index contributed by atoms with van der Waals surface area (Å²) in [6, 6.07) is 49.9. The number of nitro groups is 4. The van der Waals surface area contributed by atoms with Crippen LogP contribution < -0.4 is 0 Å². The standard InChI is InChI=1S/C23H25NO3.C19H25NO3.C18H21FN2O4S.C18H21N3O6S.C15H15ClN2O4S/c1-2-27-23(26)21-14-18-9-5-6-10-20(18)15-24(21)22(25)19-12-11-16-7-3-4-8-17(16)13-19;1-2-23-19(22)17-12-15-10-6-7-11-16(15)13-20(17)18(21)14-8-4-3-5-9-14;1-18(2,3)25-17(22)12-20(10-13-5-4-6-14(19)9-13)11-15-7-8-16(26-15)21(23)24;1-18(2,3)27-17(22)12-19(11-15-8-9-16(28-15)21(25)26)10-13-4-6-14(7-5-13)20(23)24;1-22-15(19)10-17(8-11-2-4-12(16)5-3-11)9-13-6-7-14(23-13)18(20)21/h5-6,9-13,21H,2-4,7-8,14-15H2,1H3;6-7,10-11,14,17H,2-5,8-9,12-13H2,1H3;4-9H,10-12H2,1-3H3;4-9H,10-12H2,1-3H3;2-7H,8-10H2,1H3. The van der Waals surface area contributed by atoms with E-state index in [1.807, 2.05) is 78.6 Å². The first-order chi connectivity index (χ1) is 60.5. The van der Waals surface area contributed by atoms with Crippen molar-refractivity contribution in [2.45, 2.75) is 202 Å². The van der Waals surface area contributed by atoms with Gasteiger partial charge in [0.05, 0.1) is 59.7 Å². The number of carbonyl (C=O) groups excluding carboxylic acids is 7. The van der Waals surface area contributed by atoms with Crippen LogP contribution in [0.3, 0.4) is 0 Å². The summed E-state index contributed by atoms with van der Waals surface area (Å²) in [6.07, 6.45) is 10.9. The normalized spacial score (nSPS) is 14.7. The molecule has 1 fully saturated rings. The second-order valence-electron chi connectivity index (χ2n) is 32.8. The third-order valence-corrected chi connectivity index (χ3v) is 23.9.